The smallest absolute Gasteiger partial charge is 0.290 e. The fraction of sp³-hybridized carbons (Fsp3) is 0.357. The summed E-state index contributed by atoms with van der Waals surface area (Å²) in [5.41, 5.74) is 4.66. The monoisotopic (exact) mass is 458 g/mol. The van der Waals surface area contributed by atoms with Crippen molar-refractivity contribution in [2.75, 3.05) is 13.1 Å². The minimum atomic E-state index is -0.537. The fourth-order valence-corrected chi connectivity index (χ4v) is 4.88. The average Bonchev–Trinajstić information content (AvgIpc) is 3.40. The molecule has 0 saturated carbocycles. The van der Waals surface area contributed by atoms with Crippen molar-refractivity contribution in [1.29, 1.82) is 0 Å². The highest BCUT2D eigenvalue weighted by atomic mass is 16.5. The zero-order valence-corrected chi connectivity index (χ0v) is 19.7. The average molecular weight is 459 g/mol. The van der Waals surface area contributed by atoms with Crippen molar-refractivity contribution in [3.8, 4) is 5.75 Å². The summed E-state index contributed by atoms with van der Waals surface area (Å²) in [6, 6.07) is 17.0. The molecule has 2 aliphatic rings. The number of aryl methyl sites for hydroxylation is 2. The number of carbonyl (C=O) groups excluding carboxylic acids is 2. The Morgan fingerprint density at radius 2 is 1.71 bits per heavy atom. The first-order valence-corrected chi connectivity index (χ1v) is 11.9. The van der Waals surface area contributed by atoms with E-state index in [0.29, 0.717) is 26.1 Å². The molecule has 2 amide bonds. The third-order valence-corrected chi connectivity index (χ3v) is 7.06. The van der Waals surface area contributed by atoms with E-state index in [1.54, 1.807) is 17.0 Å². The molecule has 6 heteroatoms. The van der Waals surface area contributed by atoms with E-state index in [1.807, 2.05) is 35.2 Å². The molecule has 0 spiro atoms. The van der Waals surface area contributed by atoms with Crippen LogP contribution in [0.1, 0.15) is 45.7 Å². The van der Waals surface area contributed by atoms with Gasteiger partial charge in [0.1, 0.15) is 17.9 Å². The Hall–Kier alpha value is -3.54. The van der Waals surface area contributed by atoms with Crippen molar-refractivity contribution in [2.24, 2.45) is 0 Å². The Balaban J connectivity index is 1.28. The summed E-state index contributed by atoms with van der Waals surface area (Å²) in [6.07, 6.45) is 3.63. The number of furan rings is 1. The molecule has 1 fully saturated rings. The highest BCUT2D eigenvalue weighted by Crippen LogP contribution is 2.28. The molecule has 0 aliphatic carbocycles. The third-order valence-electron chi connectivity index (χ3n) is 7.06. The molecule has 0 radical (unpaired) electrons. The minimum absolute atomic E-state index is 0.000889. The summed E-state index contributed by atoms with van der Waals surface area (Å²) in [4.78, 5) is 30.4. The van der Waals surface area contributed by atoms with E-state index >= 15 is 0 Å². The molecule has 6 nitrogen and oxygen atoms in total. The second-order valence-electron chi connectivity index (χ2n) is 9.29. The third kappa shape index (κ3) is 4.45. The molecule has 5 rings (SSSR count). The zero-order chi connectivity index (χ0) is 23.7. The van der Waals surface area contributed by atoms with Gasteiger partial charge in [-0.3, -0.25) is 9.59 Å². The number of likely N-dealkylation sites (tertiary alicyclic amines) is 1. The minimum Gasteiger partial charge on any atom is -0.490 e. The first-order chi connectivity index (χ1) is 16.5. The summed E-state index contributed by atoms with van der Waals surface area (Å²) in [5.74, 6) is 0.898. The van der Waals surface area contributed by atoms with Gasteiger partial charge in [-0.25, -0.2) is 0 Å². The maximum atomic E-state index is 13.7. The number of hydrogen-bond acceptors (Lipinski definition) is 4. The van der Waals surface area contributed by atoms with Crippen LogP contribution in [0, 0.1) is 13.8 Å². The standard InChI is InChI=1S/C28H30N2O4/c1-19-9-10-24(16-20(19)2)34-23-11-13-29(14-12-23)27(31)25-17-21-6-3-4-7-22(21)18-30(25)28(32)26-8-5-15-33-26/h3-10,15-16,23,25H,11-14,17-18H2,1-2H3. The van der Waals surface area contributed by atoms with Crippen LogP contribution in [0.5, 0.6) is 5.75 Å². The molecule has 3 aromatic rings. The molecular formula is C28H30N2O4. The van der Waals surface area contributed by atoms with Crippen molar-refractivity contribution in [1.82, 2.24) is 9.80 Å². The lowest BCUT2D eigenvalue weighted by atomic mass is 9.92. The summed E-state index contributed by atoms with van der Waals surface area (Å²) in [6.45, 7) is 5.82. The fourth-order valence-electron chi connectivity index (χ4n) is 4.88. The second-order valence-corrected chi connectivity index (χ2v) is 9.29. The summed E-state index contributed by atoms with van der Waals surface area (Å²) >= 11 is 0. The predicted octanol–water partition coefficient (Wildman–Crippen LogP) is 4.53. The van der Waals surface area contributed by atoms with Gasteiger partial charge in [0, 0.05) is 38.9 Å². The SMILES string of the molecule is Cc1ccc(OC2CCN(C(=O)C3Cc4ccccc4CN3C(=O)c3ccco3)CC2)cc1C. The number of nitrogens with zero attached hydrogens (tertiary/aromatic N) is 2. The Bertz CT molecular complexity index is 1180. The quantitative estimate of drug-likeness (QED) is 0.576. The number of piperidine rings is 1. The molecule has 2 aromatic carbocycles. The van der Waals surface area contributed by atoms with Gasteiger partial charge in [0.05, 0.1) is 6.26 Å². The van der Waals surface area contributed by atoms with Crippen molar-refractivity contribution >= 4 is 11.8 Å². The van der Waals surface area contributed by atoms with E-state index in [2.05, 4.69) is 26.0 Å². The van der Waals surface area contributed by atoms with Gasteiger partial charge in [0.25, 0.3) is 5.91 Å². The van der Waals surface area contributed by atoms with Crippen molar-refractivity contribution in [3.63, 3.8) is 0 Å². The molecule has 1 saturated heterocycles. The number of ether oxygens (including phenoxy) is 1. The van der Waals surface area contributed by atoms with Gasteiger partial charge in [0.15, 0.2) is 5.76 Å². The van der Waals surface area contributed by atoms with Crippen LogP contribution in [0.3, 0.4) is 0 Å². The second kappa shape index (κ2) is 9.37. The van der Waals surface area contributed by atoms with Crippen LogP contribution < -0.4 is 4.74 Å². The lowest BCUT2D eigenvalue weighted by Crippen LogP contribution is -2.55. The zero-order valence-electron chi connectivity index (χ0n) is 19.7. The van der Waals surface area contributed by atoms with Crippen LogP contribution in [0.15, 0.2) is 65.3 Å². The molecule has 1 aromatic heterocycles. The molecule has 176 valence electrons. The lowest BCUT2D eigenvalue weighted by Gasteiger charge is -2.40. The van der Waals surface area contributed by atoms with Crippen LogP contribution >= 0.6 is 0 Å². The van der Waals surface area contributed by atoms with Gasteiger partial charge >= 0.3 is 0 Å². The number of benzene rings is 2. The molecule has 34 heavy (non-hydrogen) atoms. The molecule has 2 aliphatic heterocycles. The first-order valence-electron chi connectivity index (χ1n) is 11.9. The Kier molecular flexibility index (Phi) is 6.14. The van der Waals surface area contributed by atoms with Gasteiger partial charge in [-0.05, 0) is 60.4 Å². The van der Waals surface area contributed by atoms with Crippen molar-refractivity contribution < 1.29 is 18.7 Å². The van der Waals surface area contributed by atoms with Crippen LogP contribution in [-0.4, -0.2) is 46.8 Å². The maximum Gasteiger partial charge on any atom is 0.290 e. The summed E-state index contributed by atoms with van der Waals surface area (Å²) in [7, 11) is 0. The van der Waals surface area contributed by atoms with Crippen LogP contribution in [-0.2, 0) is 17.8 Å². The van der Waals surface area contributed by atoms with Crippen LogP contribution in [0.4, 0.5) is 0 Å². The van der Waals surface area contributed by atoms with Gasteiger partial charge in [-0.1, -0.05) is 30.3 Å². The molecule has 0 N–H and O–H groups in total. The van der Waals surface area contributed by atoms with Gasteiger partial charge in [-0.15, -0.1) is 0 Å². The van der Waals surface area contributed by atoms with E-state index in [4.69, 9.17) is 9.15 Å². The molecule has 0 bridgehead atoms. The lowest BCUT2D eigenvalue weighted by molar-refractivity contribution is -0.138. The van der Waals surface area contributed by atoms with E-state index in [0.717, 1.165) is 29.7 Å². The number of hydrogen-bond donors (Lipinski definition) is 0. The first kappa shape index (κ1) is 22.3. The topological polar surface area (TPSA) is 63.0 Å². The number of rotatable bonds is 4. The Morgan fingerprint density at radius 3 is 2.41 bits per heavy atom. The highest BCUT2D eigenvalue weighted by Gasteiger charge is 2.39. The normalized spacial score (nSPS) is 18.5. The number of carbonyl (C=O) groups is 2. The van der Waals surface area contributed by atoms with Crippen molar-refractivity contribution in [3.05, 3.63) is 88.9 Å². The Labute approximate surface area is 200 Å². The molecule has 1 atom stereocenters. The highest BCUT2D eigenvalue weighted by molar-refractivity contribution is 5.96. The summed E-state index contributed by atoms with van der Waals surface area (Å²) in [5, 5.41) is 0. The molecule has 1 unspecified atom stereocenters. The number of amides is 2. The van der Waals surface area contributed by atoms with E-state index in [9.17, 15) is 9.59 Å². The van der Waals surface area contributed by atoms with Crippen LogP contribution in [0.25, 0.3) is 0 Å². The largest absolute Gasteiger partial charge is 0.490 e. The maximum absolute atomic E-state index is 13.7. The van der Waals surface area contributed by atoms with Crippen molar-refractivity contribution in [2.45, 2.75) is 51.8 Å². The number of fused-ring (bicyclic) bond motifs is 1. The van der Waals surface area contributed by atoms with Gasteiger partial charge in [-0.2, -0.15) is 0 Å². The summed E-state index contributed by atoms with van der Waals surface area (Å²) < 4.78 is 11.6. The van der Waals surface area contributed by atoms with Gasteiger partial charge in [0.2, 0.25) is 5.91 Å². The van der Waals surface area contributed by atoms with E-state index in [-0.39, 0.29) is 23.7 Å². The van der Waals surface area contributed by atoms with Gasteiger partial charge < -0.3 is 19.0 Å². The van der Waals surface area contributed by atoms with Crippen LogP contribution in [0.2, 0.25) is 0 Å². The Morgan fingerprint density at radius 1 is 0.941 bits per heavy atom. The van der Waals surface area contributed by atoms with E-state index < -0.39 is 6.04 Å². The molecular weight excluding hydrogens is 428 g/mol. The molecule has 3 heterocycles. The van der Waals surface area contributed by atoms with E-state index in [1.165, 1.54) is 17.4 Å². The predicted molar refractivity (Wildman–Crippen MR) is 129 cm³/mol.